The van der Waals surface area contributed by atoms with E-state index in [-0.39, 0.29) is 18.6 Å². The van der Waals surface area contributed by atoms with E-state index in [0.717, 1.165) is 5.56 Å². The van der Waals surface area contributed by atoms with Crippen LogP contribution >= 0.6 is 0 Å². The first-order valence-electron chi connectivity index (χ1n) is 5.57. The maximum absolute atomic E-state index is 11.7. The number of carbonyl (C=O) groups excluding carboxylic acids is 1. The molecule has 0 unspecified atom stereocenters. The highest BCUT2D eigenvalue weighted by molar-refractivity contribution is 7.92. The van der Waals surface area contributed by atoms with Crippen molar-refractivity contribution >= 4 is 21.7 Å². The summed E-state index contributed by atoms with van der Waals surface area (Å²) < 4.78 is 30.3. The molecule has 0 aliphatic rings. The number of ether oxygens (including phenoxy) is 1. The third kappa shape index (κ3) is 5.18. The number of anilines is 1. The summed E-state index contributed by atoms with van der Waals surface area (Å²) in [5, 5.41) is 0. The number of nitrogens with one attached hydrogen (secondary N) is 1. The van der Waals surface area contributed by atoms with Crippen LogP contribution in [0.1, 0.15) is 18.4 Å². The highest BCUT2D eigenvalue weighted by Crippen LogP contribution is 2.11. The molecule has 0 spiro atoms. The van der Waals surface area contributed by atoms with Gasteiger partial charge in [-0.2, -0.15) is 0 Å². The van der Waals surface area contributed by atoms with Crippen LogP contribution < -0.4 is 4.72 Å². The van der Waals surface area contributed by atoms with E-state index in [0.29, 0.717) is 5.69 Å². The molecule has 0 amide bonds. The fraction of sp³-hybridized carbons (Fsp3) is 0.417. The van der Waals surface area contributed by atoms with Crippen LogP contribution in [0.15, 0.2) is 24.3 Å². The van der Waals surface area contributed by atoms with Crippen molar-refractivity contribution in [2.75, 3.05) is 17.6 Å². The van der Waals surface area contributed by atoms with Crippen LogP contribution in [0.3, 0.4) is 0 Å². The molecule has 0 heterocycles. The van der Waals surface area contributed by atoms with E-state index in [1.807, 2.05) is 19.1 Å². The van der Waals surface area contributed by atoms with Gasteiger partial charge in [0.15, 0.2) is 0 Å². The molecule has 0 radical (unpaired) electrons. The van der Waals surface area contributed by atoms with E-state index in [2.05, 4.69) is 9.46 Å². The van der Waals surface area contributed by atoms with Crippen LogP contribution in [0.4, 0.5) is 5.69 Å². The first kappa shape index (κ1) is 14.5. The average molecular weight is 271 g/mol. The van der Waals surface area contributed by atoms with E-state index in [1.165, 1.54) is 7.11 Å². The van der Waals surface area contributed by atoms with Crippen molar-refractivity contribution in [3.63, 3.8) is 0 Å². The predicted molar refractivity (Wildman–Crippen MR) is 69.8 cm³/mol. The predicted octanol–water partition coefficient (Wildman–Crippen LogP) is 1.69. The Bertz CT molecular complexity index is 493. The Morgan fingerprint density at radius 2 is 1.89 bits per heavy atom. The van der Waals surface area contributed by atoms with Crippen molar-refractivity contribution in [1.82, 2.24) is 0 Å². The number of methoxy groups -OCH3 is 1. The number of hydrogen-bond donors (Lipinski definition) is 1. The number of benzene rings is 1. The maximum Gasteiger partial charge on any atom is 0.305 e. The summed E-state index contributed by atoms with van der Waals surface area (Å²) in [4.78, 5) is 10.9. The normalized spacial score (nSPS) is 11.0. The quantitative estimate of drug-likeness (QED) is 0.799. The lowest BCUT2D eigenvalue weighted by atomic mass is 10.2. The number of hydrogen-bond acceptors (Lipinski definition) is 4. The summed E-state index contributed by atoms with van der Waals surface area (Å²) >= 11 is 0. The Morgan fingerprint density at radius 3 is 2.44 bits per heavy atom. The van der Waals surface area contributed by atoms with Crippen molar-refractivity contribution in [1.29, 1.82) is 0 Å². The van der Waals surface area contributed by atoms with Gasteiger partial charge < -0.3 is 4.74 Å². The highest BCUT2D eigenvalue weighted by Gasteiger charge is 2.11. The topological polar surface area (TPSA) is 72.5 Å². The third-order valence-electron chi connectivity index (χ3n) is 2.35. The molecule has 0 fully saturated rings. The molecule has 0 aromatic heterocycles. The van der Waals surface area contributed by atoms with Crippen LogP contribution in [-0.4, -0.2) is 27.2 Å². The van der Waals surface area contributed by atoms with Crippen molar-refractivity contribution in [2.45, 2.75) is 19.8 Å². The summed E-state index contributed by atoms with van der Waals surface area (Å²) in [7, 11) is -2.13. The molecule has 18 heavy (non-hydrogen) atoms. The molecule has 6 heteroatoms. The van der Waals surface area contributed by atoms with E-state index in [9.17, 15) is 13.2 Å². The van der Waals surface area contributed by atoms with Crippen LogP contribution in [0.5, 0.6) is 0 Å². The zero-order valence-corrected chi connectivity index (χ0v) is 11.3. The van der Waals surface area contributed by atoms with Gasteiger partial charge in [0, 0.05) is 12.1 Å². The lowest BCUT2D eigenvalue weighted by molar-refractivity contribution is -0.140. The van der Waals surface area contributed by atoms with Gasteiger partial charge >= 0.3 is 5.97 Å². The second-order valence-electron chi connectivity index (χ2n) is 3.97. The third-order valence-corrected chi connectivity index (χ3v) is 3.72. The average Bonchev–Trinajstić information content (AvgIpc) is 2.31. The molecule has 0 saturated carbocycles. The van der Waals surface area contributed by atoms with Gasteiger partial charge in [-0.3, -0.25) is 9.52 Å². The van der Waals surface area contributed by atoms with Gasteiger partial charge in [0.1, 0.15) is 0 Å². The molecule has 1 aromatic carbocycles. The molecule has 5 nitrogen and oxygen atoms in total. The summed E-state index contributed by atoms with van der Waals surface area (Å²) in [6, 6.07) is 7.05. The fourth-order valence-corrected chi connectivity index (χ4v) is 2.48. The Balaban J connectivity index is 2.49. The van der Waals surface area contributed by atoms with Gasteiger partial charge in [-0.15, -0.1) is 0 Å². The Morgan fingerprint density at radius 1 is 1.28 bits per heavy atom. The first-order chi connectivity index (χ1) is 8.43. The summed E-state index contributed by atoms with van der Waals surface area (Å²) in [5.74, 6) is -0.503. The Kier molecular flexibility index (Phi) is 5.15. The Hall–Kier alpha value is -1.56. The lowest BCUT2D eigenvalue weighted by Gasteiger charge is -2.07. The maximum atomic E-state index is 11.7. The largest absolute Gasteiger partial charge is 0.469 e. The molecule has 1 rings (SSSR count). The minimum absolute atomic E-state index is 0.101. The second kappa shape index (κ2) is 6.39. The van der Waals surface area contributed by atoms with Gasteiger partial charge in [0.2, 0.25) is 10.0 Å². The summed E-state index contributed by atoms with van der Waals surface area (Å²) in [6.45, 7) is 1.93. The monoisotopic (exact) mass is 271 g/mol. The molecule has 0 bridgehead atoms. The smallest absolute Gasteiger partial charge is 0.305 e. The number of esters is 1. The molecule has 1 aromatic rings. The van der Waals surface area contributed by atoms with E-state index in [1.54, 1.807) is 12.1 Å². The number of aryl methyl sites for hydroxylation is 1. The first-order valence-corrected chi connectivity index (χ1v) is 7.22. The second-order valence-corrected chi connectivity index (χ2v) is 5.81. The molecule has 1 N–H and O–H groups in total. The lowest BCUT2D eigenvalue weighted by Crippen LogP contribution is -2.17. The molecule has 0 saturated heterocycles. The Labute approximate surface area is 107 Å². The minimum atomic E-state index is -3.41. The molecular formula is C12H17NO4S. The molecule has 0 atom stereocenters. The van der Waals surface area contributed by atoms with Gasteiger partial charge in [0.05, 0.1) is 12.9 Å². The van der Waals surface area contributed by atoms with Crippen molar-refractivity contribution in [3.8, 4) is 0 Å². The van der Waals surface area contributed by atoms with E-state index in [4.69, 9.17) is 0 Å². The van der Waals surface area contributed by atoms with E-state index >= 15 is 0 Å². The highest BCUT2D eigenvalue weighted by atomic mass is 32.2. The molecule has 100 valence electrons. The van der Waals surface area contributed by atoms with Crippen molar-refractivity contribution in [3.05, 3.63) is 29.8 Å². The minimum Gasteiger partial charge on any atom is -0.469 e. The van der Waals surface area contributed by atoms with Crippen molar-refractivity contribution < 1.29 is 17.9 Å². The van der Waals surface area contributed by atoms with E-state index < -0.39 is 16.0 Å². The van der Waals surface area contributed by atoms with Crippen LogP contribution in [0.2, 0.25) is 0 Å². The summed E-state index contributed by atoms with van der Waals surface area (Å²) in [5.41, 5.74) is 1.59. The molecule has 0 aliphatic carbocycles. The zero-order valence-electron chi connectivity index (χ0n) is 10.5. The standard InChI is InChI=1S/C12H17NO4S/c1-10-5-7-11(8-6-10)13-18(15,16)9-3-4-12(14)17-2/h5-8,13H,3-4,9H2,1-2H3. The van der Waals surface area contributed by atoms with Crippen LogP contribution in [0.25, 0.3) is 0 Å². The number of carbonyl (C=O) groups is 1. The molecular weight excluding hydrogens is 254 g/mol. The number of sulfonamides is 1. The fourth-order valence-electron chi connectivity index (χ4n) is 1.36. The van der Waals surface area contributed by atoms with Gasteiger partial charge in [-0.25, -0.2) is 8.42 Å². The van der Waals surface area contributed by atoms with Gasteiger partial charge in [0.25, 0.3) is 0 Å². The van der Waals surface area contributed by atoms with Crippen LogP contribution in [0, 0.1) is 6.92 Å². The van der Waals surface area contributed by atoms with Crippen molar-refractivity contribution in [2.24, 2.45) is 0 Å². The number of rotatable bonds is 6. The van der Waals surface area contributed by atoms with Gasteiger partial charge in [-0.1, -0.05) is 17.7 Å². The van der Waals surface area contributed by atoms with Gasteiger partial charge in [-0.05, 0) is 25.5 Å². The summed E-state index contributed by atoms with van der Waals surface area (Å²) in [6.07, 6.45) is 0.346. The zero-order chi connectivity index (χ0) is 13.6. The SMILES string of the molecule is COC(=O)CCCS(=O)(=O)Nc1ccc(C)cc1. The van der Waals surface area contributed by atoms with Crippen LogP contribution in [-0.2, 0) is 19.6 Å². The molecule has 0 aliphatic heterocycles.